The Morgan fingerprint density at radius 1 is 0.645 bits per heavy atom. The Morgan fingerprint density at radius 2 is 1.00 bits per heavy atom. The van der Waals surface area contributed by atoms with Crippen LogP contribution in [0.1, 0.15) is 142 Å². The lowest BCUT2D eigenvalue weighted by Crippen LogP contribution is -2.38. The first-order valence-electron chi connectivity index (χ1n) is 14.0. The second kappa shape index (κ2) is 16.1. The smallest absolute Gasteiger partial charge is 0.303 e. The number of unbranched alkanes of at least 4 members (excludes halogenated alkanes) is 10. The zero-order valence-electron chi connectivity index (χ0n) is 20.5. The zero-order valence-corrected chi connectivity index (χ0v) is 20.5. The van der Waals surface area contributed by atoms with Gasteiger partial charge in [0.25, 0.3) is 0 Å². The summed E-state index contributed by atoms with van der Waals surface area (Å²) in [7, 11) is 0. The van der Waals surface area contributed by atoms with Crippen molar-refractivity contribution in [1.29, 1.82) is 0 Å². The van der Waals surface area contributed by atoms with Crippen LogP contribution in [0.25, 0.3) is 0 Å². The molecule has 4 fully saturated rings. The summed E-state index contributed by atoms with van der Waals surface area (Å²) < 4.78 is 0. The van der Waals surface area contributed by atoms with Gasteiger partial charge in [-0.3, -0.25) is 4.79 Å². The molecule has 4 aliphatic carbocycles. The Kier molecular flexibility index (Phi) is 13.9. The summed E-state index contributed by atoms with van der Waals surface area (Å²) in [5.41, 5.74) is 0. The van der Waals surface area contributed by atoms with Crippen molar-refractivity contribution >= 4 is 5.97 Å². The summed E-state index contributed by atoms with van der Waals surface area (Å²) in [5.74, 6) is 4.03. The van der Waals surface area contributed by atoms with E-state index < -0.39 is 5.97 Å². The van der Waals surface area contributed by atoms with E-state index in [1.807, 2.05) is 0 Å². The van der Waals surface area contributed by atoms with Crippen LogP contribution in [-0.4, -0.2) is 22.3 Å². The molecule has 0 spiro atoms. The predicted octanol–water partition coefficient (Wildman–Crippen LogP) is 8.14. The summed E-state index contributed by atoms with van der Waals surface area (Å²) in [6, 6.07) is 0. The number of hydrogen-bond acceptors (Lipinski definition) is 2. The predicted molar refractivity (Wildman–Crippen MR) is 130 cm³/mol. The molecule has 4 saturated carbocycles. The van der Waals surface area contributed by atoms with E-state index in [0.29, 0.717) is 6.42 Å². The van der Waals surface area contributed by atoms with Crippen LogP contribution >= 0.6 is 0 Å². The molecule has 4 rings (SSSR count). The molecule has 0 aromatic heterocycles. The van der Waals surface area contributed by atoms with E-state index in [4.69, 9.17) is 5.11 Å². The molecule has 0 amide bonds. The molecule has 0 heterocycles. The number of aliphatic hydroxyl groups is 1. The largest absolute Gasteiger partial charge is 0.481 e. The molecular weight excluding hydrogens is 384 g/mol. The van der Waals surface area contributed by atoms with Crippen LogP contribution in [-0.2, 0) is 4.79 Å². The number of carboxylic acid groups (broad SMARTS) is 1. The van der Waals surface area contributed by atoms with Crippen molar-refractivity contribution < 1.29 is 15.0 Å². The average Bonchev–Trinajstić information content (AvgIpc) is 2.72. The summed E-state index contributed by atoms with van der Waals surface area (Å²) in [4.78, 5) is 10.3. The average molecular weight is 437 g/mol. The highest BCUT2D eigenvalue weighted by Gasteiger charge is 2.41. The van der Waals surface area contributed by atoms with Gasteiger partial charge in [-0.15, -0.1) is 0 Å². The SMILES string of the molecule is C1C2CC3CC1CC(C2)C3.CCCCCCC(O)CCCCCCCCCCC(=O)O. The molecule has 2 N–H and O–H groups in total. The monoisotopic (exact) mass is 436 g/mol. The molecule has 0 radical (unpaired) electrons. The molecule has 182 valence electrons. The van der Waals surface area contributed by atoms with E-state index >= 15 is 0 Å². The fourth-order valence-electron chi connectivity index (χ4n) is 6.65. The first-order valence-corrected chi connectivity index (χ1v) is 14.0. The second-order valence-corrected chi connectivity index (χ2v) is 11.1. The first kappa shape index (κ1) is 26.7. The van der Waals surface area contributed by atoms with Gasteiger partial charge in [0.1, 0.15) is 0 Å². The van der Waals surface area contributed by atoms with Gasteiger partial charge in [0.05, 0.1) is 6.10 Å². The minimum Gasteiger partial charge on any atom is -0.481 e. The minimum atomic E-state index is -0.678. The molecule has 1 atom stereocenters. The highest BCUT2D eigenvalue weighted by atomic mass is 16.4. The Labute approximate surface area is 192 Å². The van der Waals surface area contributed by atoms with Gasteiger partial charge in [0.15, 0.2) is 0 Å². The van der Waals surface area contributed by atoms with Gasteiger partial charge in [-0.05, 0) is 81.5 Å². The molecule has 3 nitrogen and oxygen atoms in total. The molecule has 0 saturated heterocycles. The highest BCUT2D eigenvalue weighted by Crippen LogP contribution is 2.53. The maximum Gasteiger partial charge on any atom is 0.303 e. The Bertz CT molecular complexity index is 405. The highest BCUT2D eigenvalue weighted by molar-refractivity contribution is 5.66. The third-order valence-corrected chi connectivity index (χ3v) is 8.07. The Hall–Kier alpha value is -0.570. The summed E-state index contributed by atoms with van der Waals surface area (Å²) >= 11 is 0. The van der Waals surface area contributed by atoms with Gasteiger partial charge in [-0.1, -0.05) is 77.6 Å². The number of carboxylic acids is 1. The Balaban J connectivity index is 0.000000274. The van der Waals surface area contributed by atoms with E-state index in [-0.39, 0.29) is 6.10 Å². The molecule has 0 aliphatic heterocycles. The molecular formula is C28H52O3. The van der Waals surface area contributed by atoms with Gasteiger partial charge in [0, 0.05) is 6.42 Å². The topological polar surface area (TPSA) is 57.5 Å². The zero-order chi connectivity index (χ0) is 22.3. The molecule has 4 bridgehead atoms. The van der Waals surface area contributed by atoms with Crippen molar-refractivity contribution in [3.05, 3.63) is 0 Å². The number of aliphatic carboxylic acids is 1. The normalized spacial score (nSPS) is 27.0. The fourth-order valence-corrected chi connectivity index (χ4v) is 6.65. The van der Waals surface area contributed by atoms with Crippen LogP contribution in [0.15, 0.2) is 0 Å². The molecule has 1 unspecified atom stereocenters. The van der Waals surface area contributed by atoms with Gasteiger partial charge in [0.2, 0.25) is 0 Å². The van der Waals surface area contributed by atoms with E-state index in [0.717, 1.165) is 38.5 Å². The maximum absolute atomic E-state index is 10.3. The standard InChI is InChI=1S/C18H36O3.C10H16/c1-2-3-4-11-14-17(19)15-12-9-7-5-6-8-10-13-16-18(20)21;1-7-2-9-4-8(1)5-10(3-7)6-9/h17,19H,2-16H2,1H3,(H,20,21);7-10H,1-6H2. The van der Waals surface area contributed by atoms with E-state index in [1.165, 1.54) is 75.0 Å². The third-order valence-electron chi connectivity index (χ3n) is 8.07. The van der Waals surface area contributed by atoms with Crippen molar-refractivity contribution in [3.8, 4) is 0 Å². The van der Waals surface area contributed by atoms with E-state index in [1.54, 1.807) is 38.5 Å². The van der Waals surface area contributed by atoms with E-state index in [2.05, 4.69) is 6.92 Å². The van der Waals surface area contributed by atoms with Crippen LogP contribution in [0.2, 0.25) is 0 Å². The molecule has 31 heavy (non-hydrogen) atoms. The lowest BCUT2D eigenvalue weighted by atomic mass is 9.56. The minimum absolute atomic E-state index is 0.0853. The van der Waals surface area contributed by atoms with Crippen LogP contribution in [0.5, 0.6) is 0 Å². The van der Waals surface area contributed by atoms with Gasteiger partial charge < -0.3 is 10.2 Å². The lowest BCUT2D eigenvalue weighted by molar-refractivity contribution is -0.137. The fraction of sp³-hybridized carbons (Fsp3) is 0.964. The summed E-state index contributed by atoms with van der Waals surface area (Å²) in [6.45, 7) is 2.21. The van der Waals surface area contributed by atoms with Crippen molar-refractivity contribution in [3.63, 3.8) is 0 Å². The van der Waals surface area contributed by atoms with Crippen LogP contribution in [0.3, 0.4) is 0 Å². The van der Waals surface area contributed by atoms with Gasteiger partial charge >= 0.3 is 5.97 Å². The number of rotatable bonds is 16. The lowest BCUT2D eigenvalue weighted by Gasteiger charge is -2.49. The van der Waals surface area contributed by atoms with Crippen molar-refractivity contribution in [2.75, 3.05) is 0 Å². The summed E-state index contributed by atoms with van der Waals surface area (Å²) in [6.07, 6.45) is 25.9. The second-order valence-electron chi connectivity index (χ2n) is 11.1. The Morgan fingerprint density at radius 3 is 1.39 bits per heavy atom. The summed E-state index contributed by atoms with van der Waals surface area (Å²) in [5, 5.41) is 18.4. The third kappa shape index (κ3) is 12.3. The van der Waals surface area contributed by atoms with Crippen LogP contribution < -0.4 is 0 Å². The number of aliphatic hydroxyl groups excluding tert-OH is 1. The molecule has 0 aromatic carbocycles. The number of hydrogen-bond donors (Lipinski definition) is 2. The first-order chi connectivity index (χ1) is 15.1. The number of carbonyl (C=O) groups is 1. The van der Waals surface area contributed by atoms with Gasteiger partial charge in [-0.2, -0.15) is 0 Å². The molecule has 0 aromatic rings. The van der Waals surface area contributed by atoms with Crippen molar-refractivity contribution in [2.24, 2.45) is 23.7 Å². The van der Waals surface area contributed by atoms with Gasteiger partial charge in [-0.25, -0.2) is 0 Å². The van der Waals surface area contributed by atoms with Crippen LogP contribution in [0, 0.1) is 23.7 Å². The maximum atomic E-state index is 10.3. The quantitative estimate of drug-likeness (QED) is 0.240. The van der Waals surface area contributed by atoms with E-state index in [9.17, 15) is 9.90 Å². The van der Waals surface area contributed by atoms with Crippen molar-refractivity contribution in [2.45, 2.75) is 148 Å². The molecule has 4 aliphatic rings. The van der Waals surface area contributed by atoms with Crippen molar-refractivity contribution in [1.82, 2.24) is 0 Å². The molecule has 3 heteroatoms. The van der Waals surface area contributed by atoms with Crippen LogP contribution in [0.4, 0.5) is 0 Å².